The minimum absolute atomic E-state index is 0.170. The molecule has 2 aliphatic rings. The average molecular weight is 271 g/mol. The Kier molecular flexibility index (Phi) is 3.93. The monoisotopic (exact) mass is 271 g/mol. The molecule has 0 radical (unpaired) electrons. The predicted octanol–water partition coefficient (Wildman–Crippen LogP) is 3.92. The van der Waals surface area contributed by atoms with Crippen LogP contribution in [-0.4, -0.2) is 18.9 Å². The summed E-state index contributed by atoms with van der Waals surface area (Å²) in [6.07, 6.45) is 7.00. The molecule has 3 rings (SSSR count). The van der Waals surface area contributed by atoms with Crippen LogP contribution in [0.1, 0.15) is 67.3 Å². The Morgan fingerprint density at radius 1 is 1.35 bits per heavy atom. The number of carbonyl (C=O) groups excluding carboxylic acids is 1. The van der Waals surface area contributed by atoms with Crippen LogP contribution in [0, 0.1) is 5.41 Å². The predicted molar refractivity (Wildman–Crippen MR) is 82.2 cm³/mol. The van der Waals surface area contributed by atoms with Crippen molar-refractivity contribution < 1.29 is 4.79 Å². The van der Waals surface area contributed by atoms with Crippen LogP contribution in [0.5, 0.6) is 0 Å². The van der Waals surface area contributed by atoms with Gasteiger partial charge in [0, 0.05) is 17.5 Å². The lowest BCUT2D eigenvalue weighted by Gasteiger charge is -2.36. The van der Waals surface area contributed by atoms with Crippen molar-refractivity contribution in [2.75, 3.05) is 13.1 Å². The van der Waals surface area contributed by atoms with Gasteiger partial charge in [0.25, 0.3) is 0 Å². The first-order valence-electron chi connectivity index (χ1n) is 8.11. The van der Waals surface area contributed by atoms with Crippen LogP contribution >= 0.6 is 0 Å². The van der Waals surface area contributed by atoms with E-state index in [0.29, 0.717) is 11.7 Å². The maximum absolute atomic E-state index is 13.0. The second-order valence-corrected chi connectivity index (χ2v) is 6.50. The SMILES string of the molecule is CCC1(C(=O)c2cccc(C3CCC3)c2)CCCNC1. The van der Waals surface area contributed by atoms with Gasteiger partial charge in [0.1, 0.15) is 0 Å². The molecule has 2 heteroatoms. The number of rotatable bonds is 4. The molecule has 1 N–H and O–H groups in total. The average Bonchev–Trinajstić information content (AvgIpc) is 2.46. The molecule has 20 heavy (non-hydrogen) atoms. The van der Waals surface area contributed by atoms with E-state index in [1.165, 1.54) is 24.8 Å². The zero-order valence-corrected chi connectivity index (χ0v) is 12.5. The van der Waals surface area contributed by atoms with Crippen LogP contribution in [0.2, 0.25) is 0 Å². The van der Waals surface area contributed by atoms with E-state index < -0.39 is 0 Å². The van der Waals surface area contributed by atoms with Gasteiger partial charge in [0.05, 0.1) is 0 Å². The molecule has 1 heterocycles. The Hall–Kier alpha value is -1.15. The highest BCUT2D eigenvalue weighted by Crippen LogP contribution is 2.38. The number of piperidine rings is 1. The van der Waals surface area contributed by atoms with E-state index >= 15 is 0 Å². The zero-order valence-electron chi connectivity index (χ0n) is 12.5. The van der Waals surface area contributed by atoms with Gasteiger partial charge in [-0.15, -0.1) is 0 Å². The molecule has 0 aromatic heterocycles. The third-order valence-electron chi connectivity index (χ3n) is 5.36. The Morgan fingerprint density at radius 2 is 2.20 bits per heavy atom. The molecule has 0 bridgehead atoms. The lowest BCUT2D eigenvalue weighted by molar-refractivity contribution is 0.0730. The fourth-order valence-corrected chi connectivity index (χ4v) is 3.61. The van der Waals surface area contributed by atoms with Gasteiger partial charge in [-0.1, -0.05) is 31.5 Å². The second-order valence-electron chi connectivity index (χ2n) is 6.50. The second kappa shape index (κ2) is 5.69. The summed E-state index contributed by atoms with van der Waals surface area (Å²) in [5, 5.41) is 3.42. The lowest BCUT2D eigenvalue weighted by Crippen LogP contribution is -2.45. The number of ketones is 1. The lowest BCUT2D eigenvalue weighted by atomic mass is 9.72. The van der Waals surface area contributed by atoms with E-state index in [1.807, 2.05) is 6.07 Å². The van der Waals surface area contributed by atoms with Crippen molar-refractivity contribution in [2.45, 2.75) is 51.4 Å². The van der Waals surface area contributed by atoms with Gasteiger partial charge in [0.15, 0.2) is 5.78 Å². The van der Waals surface area contributed by atoms with E-state index in [9.17, 15) is 4.79 Å². The first-order chi connectivity index (χ1) is 9.75. The van der Waals surface area contributed by atoms with Crippen LogP contribution in [0.25, 0.3) is 0 Å². The molecule has 1 unspecified atom stereocenters. The summed E-state index contributed by atoms with van der Waals surface area (Å²) in [5.41, 5.74) is 2.13. The maximum Gasteiger partial charge on any atom is 0.170 e. The van der Waals surface area contributed by atoms with Crippen molar-refractivity contribution in [3.05, 3.63) is 35.4 Å². The third kappa shape index (κ3) is 2.42. The first kappa shape index (κ1) is 13.8. The molecule has 1 atom stereocenters. The first-order valence-corrected chi connectivity index (χ1v) is 8.11. The van der Waals surface area contributed by atoms with Crippen LogP contribution in [0.3, 0.4) is 0 Å². The van der Waals surface area contributed by atoms with Gasteiger partial charge in [-0.05, 0) is 56.2 Å². The van der Waals surface area contributed by atoms with Gasteiger partial charge in [0.2, 0.25) is 0 Å². The van der Waals surface area contributed by atoms with Crippen LogP contribution in [0.4, 0.5) is 0 Å². The number of hydrogen-bond donors (Lipinski definition) is 1. The van der Waals surface area contributed by atoms with Crippen molar-refractivity contribution >= 4 is 5.78 Å². The van der Waals surface area contributed by atoms with Gasteiger partial charge in [-0.25, -0.2) is 0 Å². The van der Waals surface area contributed by atoms with E-state index in [4.69, 9.17) is 0 Å². The highest BCUT2D eigenvalue weighted by atomic mass is 16.1. The van der Waals surface area contributed by atoms with Gasteiger partial charge < -0.3 is 5.32 Å². The van der Waals surface area contributed by atoms with Crippen molar-refractivity contribution in [3.63, 3.8) is 0 Å². The fraction of sp³-hybridized carbons (Fsp3) is 0.611. The van der Waals surface area contributed by atoms with Crippen LogP contribution < -0.4 is 5.32 Å². The quantitative estimate of drug-likeness (QED) is 0.841. The minimum Gasteiger partial charge on any atom is -0.316 e. The molecule has 1 aromatic rings. The molecule has 0 spiro atoms. The molecule has 0 amide bonds. The zero-order chi connectivity index (χ0) is 14.0. The molecule has 1 saturated carbocycles. The number of benzene rings is 1. The molecule has 1 saturated heterocycles. The molecule has 108 valence electrons. The molecule has 1 aliphatic heterocycles. The van der Waals surface area contributed by atoms with Crippen LogP contribution in [-0.2, 0) is 0 Å². The number of nitrogens with one attached hydrogen (secondary N) is 1. The van der Waals surface area contributed by atoms with Gasteiger partial charge in [-0.2, -0.15) is 0 Å². The standard InChI is InChI=1S/C18H25NO/c1-2-18(10-5-11-19-13-18)17(20)16-9-4-8-15(12-16)14-6-3-7-14/h4,8-9,12,14,19H,2-3,5-7,10-11,13H2,1H3. The number of carbonyl (C=O) groups is 1. The summed E-state index contributed by atoms with van der Waals surface area (Å²) in [4.78, 5) is 13.0. The Bertz CT molecular complexity index is 484. The van der Waals surface area contributed by atoms with E-state index in [2.05, 4.69) is 30.4 Å². The molecule has 1 aromatic carbocycles. The smallest absolute Gasteiger partial charge is 0.170 e. The van der Waals surface area contributed by atoms with Crippen molar-refractivity contribution in [1.29, 1.82) is 0 Å². The summed E-state index contributed by atoms with van der Waals surface area (Å²) in [6.45, 7) is 4.05. The van der Waals surface area contributed by atoms with Crippen molar-refractivity contribution in [1.82, 2.24) is 5.32 Å². The summed E-state index contributed by atoms with van der Waals surface area (Å²) in [5.74, 6) is 1.05. The Balaban J connectivity index is 1.85. The molecular formula is C18H25NO. The number of hydrogen-bond acceptors (Lipinski definition) is 2. The minimum atomic E-state index is -0.170. The van der Waals surface area contributed by atoms with Crippen LogP contribution in [0.15, 0.2) is 24.3 Å². The normalized spacial score (nSPS) is 27.1. The van der Waals surface area contributed by atoms with E-state index in [0.717, 1.165) is 37.9 Å². The Labute approximate surface area is 122 Å². The van der Waals surface area contributed by atoms with Crippen molar-refractivity contribution in [2.24, 2.45) is 5.41 Å². The number of Topliss-reactive ketones (excluding diaryl/α,β-unsaturated/α-hetero) is 1. The Morgan fingerprint density at radius 3 is 2.80 bits per heavy atom. The van der Waals surface area contributed by atoms with Gasteiger partial charge >= 0.3 is 0 Å². The highest BCUT2D eigenvalue weighted by molar-refractivity contribution is 6.01. The summed E-state index contributed by atoms with van der Waals surface area (Å²) < 4.78 is 0. The largest absolute Gasteiger partial charge is 0.316 e. The van der Waals surface area contributed by atoms with E-state index in [-0.39, 0.29) is 5.41 Å². The summed E-state index contributed by atoms with van der Waals surface area (Å²) in [6, 6.07) is 8.44. The van der Waals surface area contributed by atoms with Crippen molar-refractivity contribution in [3.8, 4) is 0 Å². The molecule has 2 nitrogen and oxygen atoms in total. The van der Waals surface area contributed by atoms with Gasteiger partial charge in [-0.3, -0.25) is 4.79 Å². The summed E-state index contributed by atoms with van der Waals surface area (Å²) in [7, 11) is 0. The van der Waals surface area contributed by atoms with E-state index in [1.54, 1.807) is 0 Å². The molecular weight excluding hydrogens is 246 g/mol. The molecule has 1 aliphatic carbocycles. The maximum atomic E-state index is 13.0. The fourth-order valence-electron chi connectivity index (χ4n) is 3.61. The molecule has 2 fully saturated rings. The third-order valence-corrected chi connectivity index (χ3v) is 5.36. The summed E-state index contributed by atoms with van der Waals surface area (Å²) >= 11 is 0. The highest BCUT2D eigenvalue weighted by Gasteiger charge is 2.38. The topological polar surface area (TPSA) is 29.1 Å².